The normalized spacial score (nSPS) is 11.3. The summed E-state index contributed by atoms with van der Waals surface area (Å²) in [6.45, 7) is 3.75. The molecule has 18 heavy (non-hydrogen) atoms. The number of hydrogen-bond donors (Lipinski definition) is 1. The maximum absolute atomic E-state index is 11.8. The molecule has 0 fully saturated rings. The topological polar surface area (TPSA) is 54.6 Å². The maximum atomic E-state index is 11.8. The molecule has 0 atom stereocenters. The number of amides is 1. The minimum atomic E-state index is -0.235. The molecule has 4 heteroatoms. The molecule has 2 aromatic rings. The van der Waals surface area contributed by atoms with E-state index in [1.54, 1.807) is 37.5 Å². The number of carbonyl (C=O) groups is 1. The van der Waals surface area contributed by atoms with Gasteiger partial charge >= 0.3 is 0 Å². The number of rotatable bonds is 3. The van der Waals surface area contributed by atoms with Gasteiger partial charge in [-0.2, -0.15) is 5.10 Å². The monoisotopic (exact) mass is 242 g/mol. The molecule has 0 aliphatic rings. The first-order valence-corrected chi connectivity index (χ1v) is 5.62. The molecule has 1 N–H and O–H groups in total. The van der Waals surface area contributed by atoms with Gasteiger partial charge in [0.2, 0.25) is 0 Å². The van der Waals surface area contributed by atoms with Crippen LogP contribution in [-0.2, 0) is 0 Å². The number of nitrogens with zero attached hydrogens (tertiary/aromatic N) is 1. The highest BCUT2D eigenvalue weighted by atomic mass is 16.3. The molecule has 0 aliphatic heterocycles. The van der Waals surface area contributed by atoms with Crippen molar-refractivity contribution in [3.05, 3.63) is 59.5 Å². The zero-order valence-corrected chi connectivity index (χ0v) is 10.3. The highest BCUT2D eigenvalue weighted by Gasteiger charge is 2.05. The van der Waals surface area contributed by atoms with Gasteiger partial charge in [0.15, 0.2) is 0 Å². The molecule has 1 aromatic carbocycles. The summed E-state index contributed by atoms with van der Waals surface area (Å²) in [6.07, 6.45) is 1.57. The Morgan fingerprint density at radius 3 is 2.56 bits per heavy atom. The quantitative estimate of drug-likeness (QED) is 0.664. The van der Waals surface area contributed by atoms with Gasteiger partial charge in [0.05, 0.1) is 6.26 Å². The number of nitrogens with one attached hydrogen (secondary N) is 1. The highest BCUT2D eigenvalue weighted by molar-refractivity contribution is 5.99. The molecule has 0 saturated heterocycles. The number of aryl methyl sites for hydroxylation is 1. The molecular weight excluding hydrogens is 228 g/mol. The third-order valence-corrected chi connectivity index (χ3v) is 2.52. The molecule has 1 heterocycles. The van der Waals surface area contributed by atoms with Gasteiger partial charge in [-0.25, -0.2) is 5.43 Å². The number of furan rings is 1. The minimum absolute atomic E-state index is 0.235. The molecule has 1 aromatic heterocycles. The van der Waals surface area contributed by atoms with E-state index in [0.717, 1.165) is 5.56 Å². The van der Waals surface area contributed by atoms with Crippen LogP contribution in [0.25, 0.3) is 0 Å². The Kier molecular flexibility index (Phi) is 3.57. The maximum Gasteiger partial charge on any atom is 0.271 e. The van der Waals surface area contributed by atoms with E-state index < -0.39 is 0 Å². The van der Waals surface area contributed by atoms with Crippen LogP contribution < -0.4 is 5.43 Å². The van der Waals surface area contributed by atoms with E-state index >= 15 is 0 Å². The second kappa shape index (κ2) is 5.31. The average molecular weight is 242 g/mol. The third-order valence-electron chi connectivity index (χ3n) is 2.52. The number of carbonyl (C=O) groups excluding carboxylic acids is 1. The van der Waals surface area contributed by atoms with Crippen molar-refractivity contribution in [1.29, 1.82) is 0 Å². The Balaban J connectivity index is 2.04. The second-order valence-electron chi connectivity index (χ2n) is 3.98. The van der Waals surface area contributed by atoms with Crippen LogP contribution in [0.3, 0.4) is 0 Å². The first-order valence-electron chi connectivity index (χ1n) is 5.62. The molecule has 0 aliphatic carbocycles. The minimum Gasteiger partial charge on any atom is -0.463 e. The first-order chi connectivity index (χ1) is 8.66. The van der Waals surface area contributed by atoms with Gasteiger partial charge in [-0.1, -0.05) is 17.7 Å². The van der Waals surface area contributed by atoms with E-state index in [0.29, 0.717) is 17.0 Å². The van der Waals surface area contributed by atoms with Crippen molar-refractivity contribution >= 4 is 11.6 Å². The van der Waals surface area contributed by atoms with Gasteiger partial charge in [0, 0.05) is 5.56 Å². The van der Waals surface area contributed by atoms with Crippen molar-refractivity contribution < 1.29 is 9.21 Å². The van der Waals surface area contributed by atoms with Gasteiger partial charge in [-0.05, 0) is 38.1 Å². The molecule has 0 radical (unpaired) electrons. The summed E-state index contributed by atoms with van der Waals surface area (Å²) in [5.41, 5.74) is 4.81. The van der Waals surface area contributed by atoms with Gasteiger partial charge in [0.1, 0.15) is 11.5 Å². The molecule has 0 spiro atoms. The molecule has 2 rings (SSSR count). The zero-order chi connectivity index (χ0) is 13.0. The van der Waals surface area contributed by atoms with Crippen LogP contribution in [0.4, 0.5) is 0 Å². The fourth-order valence-corrected chi connectivity index (χ4v) is 1.44. The summed E-state index contributed by atoms with van der Waals surface area (Å²) >= 11 is 0. The van der Waals surface area contributed by atoms with Crippen molar-refractivity contribution in [2.75, 3.05) is 0 Å². The predicted molar refractivity (Wildman–Crippen MR) is 69.6 cm³/mol. The van der Waals surface area contributed by atoms with Crippen LogP contribution in [0.15, 0.2) is 52.2 Å². The molecule has 4 nitrogen and oxygen atoms in total. The van der Waals surface area contributed by atoms with Crippen LogP contribution >= 0.6 is 0 Å². The van der Waals surface area contributed by atoms with Gasteiger partial charge < -0.3 is 4.42 Å². The fraction of sp³-hybridized carbons (Fsp3) is 0.143. The molecule has 0 bridgehead atoms. The molecule has 92 valence electrons. The number of benzene rings is 1. The number of hydrazone groups is 1. The van der Waals surface area contributed by atoms with Gasteiger partial charge in [-0.3, -0.25) is 4.79 Å². The summed E-state index contributed by atoms with van der Waals surface area (Å²) in [4.78, 5) is 11.8. The van der Waals surface area contributed by atoms with Gasteiger partial charge in [-0.15, -0.1) is 0 Å². The van der Waals surface area contributed by atoms with Crippen LogP contribution in [0.1, 0.15) is 28.6 Å². The highest BCUT2D eigenvalue weighted by Crippen LogP contribution is 2.04. The lowest BCUT2D eigenvalue weighted by Gasteiger charge is -2.01. The van der Waals surface area contributed by atoms with Crippen LogP contribution in [0.2, 0.25) is 0 Å². The summed E-state index contributed by atoms with van der Waals surface area (Å²) in [5.74, 6) is 0.403. The van der Waals surface area contributed by atoms with Crippen LogP contribution in [-0.4, -0.2) is 11.6 Å². The van der Waals surface area contributed by atoms with E-state index in [4.69, 9.17) is 4.42 Å². The Morgan fingerprint density at radius 1 is 1.22 bits per heavy atom. The van der Waals surface area contributed by atoms with E-state index in [9.17, 15) is 4.79 Å². The summed E-state index contributed by atoms with van der Waals surface area (Å²) in [7, 11) is 0. The van der Waals surface area contributed by atoms with Gasteiger partial charge in [0.25, 0.3) is 5.91 Å². The lowest BCUT2D eigenvalue weighted by molar-refractivity contribution is 0.0955. The van der Waals surface area contributed by atoms with Crippen molar-refractivity contribution in [2.45, 2.75) is 13.8 Å². The van der Waals surface area contributed by atoms with Crippen molar-refractivity contribution in [3.63, 3.8) is 0 Å². The van der Waals surface area contributed by atoms with E-state index in [1.807, 2.05) is 19.1 Å². The van der Waals surface area contributed by atoms with Crippen LogP contribution in [0.5, 0.6) is 0 Å². The van der Waals surface area contributed by atoms with Crippen molar-refractivity contribution in [3.8, 4) is 0 Å². The number of hydrogen-bond acceptors (Lipinski definition) is 3. The predicted octanol–water partition coefficient (Wildman–Crippen LogP) is 2.74. The Morgan fingerprint density at radius 2 is 1.94 bits per heavy atom. The largest absolute Gasteiger partial charge is 0.463 e. The zero-order valence-electron chi connectivity index (χ0n) is 10.3. The summed E-state index contributed by atoms with van der Waals surface area (Å²) in [5, 5.41) is 3.99. The van der Waals surface area contributed by atoms with E-state index in [2.05, 4.69) is 10.5 Å². The van der Waals surface area contributed by atoms with Crippen molar-refractivity contribution in [2.24, 2.45) is 5.10 Å². The second-order valence-corrected chi connectivity index (χ2v) is 3.98. The third kappa shape index (κ3) is 2.85. The standard InChI is InChI=1S/C14H14N2O2/c1-10-5-7-12(8-6-10)14(17)16-15-11(2)13-4-3-9-18-13/h3-9H,1-2H3,(H,16,17). The molecule has 1 amide bonds. The molecular formula is C14H14N2O2. The fourth-order valence-electron chi connectivity index (χ4n) is 1.44. The SMILES string of the molecule is CC(=NNC(=O)c1ccc(C)cc1)c1ccco1. The Bertz CT molecular complexity index is 554. The van der Waals surface area contributed by atoms with Crippen LogP contribution in [0, 0.1) is 6.92 Å². The lowest BCUT2D eigenvalue weighted by Crippen LogP contribution is -2.19. The van der Waals surface area contributed by atoms with Crippen molar-refractivity contribution in [1.82, 2.24) is 5.43 Å². The lowest BCUT2D eigenvalue weighted by atomic mass is 10.1. The Labute approximate surface area is 105 Å². The van der Waals surface area contributed by atoms with E-state index in [1.165, 1.54) is 0 Å². The molecule has 0 unspecified atom stereocenters. The Hall–Kier alpha value is -2.36. The smallest absolute Gasteiger partial charge is 0.271 e. The summed E-state index contributed by atoms with van der Waals surface area (Å²) in [6, 6.07) is 10.9. The average Bonchev–Trinajstić information content (AvgIpc) is 2.90. The first kappa shape index (κ1) is 12.1. The summed E-state index contributed by atoms with van der Waals surface area (Å²) < 4.78 is 5.17. The van der Waals surface area contributed by atoms with E-state index in [-0.39, 0.29) is 5.91 Å². The molecule has 0 saturated carbocycles.